The van der Waals surface area contributed by atoms with Crippen molar-refractivity contribution in [3.05, 3.63) is 17.0 Å². The van der Waals surface area contributed by atoms with E-state index < -0.39 is 0 Å². The molecule has 3 N–H and O–H groups in total. The fraction of sp³-hybridized carbons (Fsp3) is 0.786. The summed E-state index contributed by atoms with van der Waals surface area (Å²) in [6, 6.07) is 0.616. The predicted molar refractivity (Wildman–Crippen MR) is 74.6 cm³/mol. The van der Waals surface area contributed by atoms with Crippen LogP contribution in [0.1, 0.15) is 42.6 Å². The van der Waals surface area contributed by atoms with Gasteiger partial charge in [0, 0.05) is 18.3 Å². The third-order valence-electron chi connectivity index (χ3n) is 4.17. The van der Waals surface area contributed by atoms with Crippen LogP contribution in [-0.4, -0.2) is 40.8 Å². The molecular formula is C14H26N4. The Labute approximate surface area is 110 Å². The molecule has 1 fully saturated rings. The number of aromatic amines is 1. The quantitative estimate of drug-likeness (QED) is 0.837. The number of nitrogens with one attached hydrogen (secondary N) is 1. The molecule has 2 heterocycles. The van der Waals surface area contributed by atoms with Crippen LogP contribution in [-0.2, 0) is 6.42 Å². The summed E-state index contributed by atoms with van der Waals surface area (Å²) in [6.07, 6.45) is 6.29. The summed E-state index contributed by atoms with van der Waals surface area (Å²) >= 11 is 0. The molecule has 0 bridgehead atoms. The zero-order valence-corrected chi connectivity index (χ0v) is 11.7. The highest BCUT2D eigenvalue weighted by Crippen LogP contribution is 2.18. The minimum Gasteiger partial charge on any atom is -0.329 e. The lowest BCUT2D eigenvalue weighted by Gasteiger charge is -2.34. The van der Waals surface area contributed by atoms with Crippen molar-refractivity contribution < 1.29 is 0 Å². The van der Waals surface area contributed by atoms with Crippen molar-refractivity contribution in [1.29, 1.82) is 0 Å². The van der Waals surface area contributed by atoms with Crippen LogP contribution in [0.5, 0.6) is 0 Å². The summed E-state index contributed by atoms with van der Waals surface area (Å²) in [4.78, 5) is 2.58. The predicted octanol–water partition coefficient (Wildman–Crippen LogP) is 1.77. The zero-order valence-electron chi connectivity index (χ0n) is 11.7. The van der Waals surface area contributed by atoms with Crippen molar-refractivity contribution in [2.75, 3.05) is 19.6 Å². The number of hydrogen-bond acceptors (Lipinski definition) is 3. The van der Waals surface area contributed by atoms with Gasteiger partial charge in [0.1, 0.15) is 0 Å². The Kier molecular flexibility index (Phi) is 4.78. The van der Waals surface area contributed by atoms with Gasteiger partial charge in [0.25, 0.3) is 0 Å². The molecule has 1 aliphatic rings. The van der Waals surface area contributed by atoms with Gasteiger partial charge >= 0.3 is 0 Å². The van der Waals surface area contributed by atoms with Crippen LogP contribution in [0, 0.1) is 13.8 Å². The molecule has 0 aromatic carbocycles. The van der Waals surface area contributed by atoms with Crippen molar-refractivity contribution in [3.8, 4) is 0 Å². The van der Waals surface area contributed by atoms with E-state index in [1.54, 1.807) is 0 Å². The molecule has 2 rings (SSSR count). The maximum absolute atomic E-state index is 5.85. The SMILES string of the molecule is Cc1n[nH]c(C)c1CCCN1CCCC[C@H]1CN. The number of aryl methyl sites for hydroxylation is 2. The lowest BCUT2D eigenvalue weighted by atomic mass is 10.0. The van der Waals surface area contributed by atoms with Gasteiger partial charge in [-0.2, -0.15) is 5.10 Å². The highest BCUT2D eigenvalue weighted by atomic mass is 15.2. The van der Waals surface area contributed by atoms with Crippen LogP contribution in [0.15, 0.2) is 0 Å². The first-order valence-corrected chi connectivity index (χ1v) is 7.17. The molecular weight excluding hydrogens is 224 g/mol. The lowest BCUT2D eigenvalue weighted by molar-refractivity contribution is 0.151. The Morgan fingerprint density at radius 3 is 2.89 bits per heavy atom. The maximum Gasteiger partial charge on any atom is 0.0625 e. The highest BCUT2D eigenvalue weighted by molar-refractivity contribution is 5.23. The molecule has 4 heteroatoms. The van der Waals surface area contributed by atoms with E-state index in [9.17, 15) is 0 Å². The van der Waals surface area contributed by atoms with E-state index in [0.717, 1.165) is 18.7 Å². The van der Waals surface area contributed by atoms with Crippen LogP contribution in [0.3, 0.4) is 0 Å². The molecule has 0 radical (unpaired) electrons. The Morgan fingerprint density at radius 2 is 2.22 bits per heavy atom. The van der Waals surface area contributed by atoms with Crippen molar-refractivity contribution in [1.82, 2.24) is 15.1 Å². The van der Waals surface area contributed by atoms with E-state index in [2.05, 4.69) is 28.9 Å². The third-order valence-corrected chi connectivity index (χ3v) is 4.17. The second-order valence-corrected chi connectivity index (χ2v) is 5.44. The number of H-pyrrole nitrogens is 1. The van der Waals surface area contributed by atoms with Gasteiger partial charge in [-0.1, -0.05) is 6.42 Å². The second kappa shape index (κ2) is 6.34. The van der Waals surface area contributed by atoms with Crippen LogP contribution in [0.4, 0.5) is 0 Å². The molecule has 0 saturated carbocycles. The van der Waals surface area contributed by atoms with Gasteiger partial charge < -0.3 is 5.73 Å². The summed E-state index contributed by atoms with van der Waals surface area (Å²) in [7, 11) is 0. The standard InChI is InChI=1S/C14H26N4/c1-11-14(12(2)17-16-11)7-5-9-18-8-4-3-6-13(18)10-15/h13H,3-10,15H2,1-2H3,(H,16,17)/t13-/m0/s1. The summed E-state index contributed by atoms with van der Waals surface area (Å²) in [5.41, 5.74) is 9.63. The van der Waals surface area contributed by atoms with E-state index in [4.69, 9.17) is 5.73 Å². The van der Waals surface area contributed by atoms with E-state index >= 15 is 0 Å². The number of nitrogens with zero attached hydrogens (tertiary/aromatic N) is 2. The first-order valence-electron chi connectivity index (χ1n) is 7.17. The highest BCUT2D eigenvalue weighted by Gasteiger charge is 2.20. The maximum atomic E-state index is 5.85. The molecule has 0 amide bonds. The number of rotatable bonds is 5. The molecule has 4 nitrogen and oxygen atoms in total. The van der Waals surface area contributed by atoms with Gasteiger partial charge in [0.15, 0.2) is 0 Å². The minimum atomic E-state index is 0.616. The van der Waals surface area contributed by atoms with Gasteiger partial charge in [-0.05, 0) is 58.2 Å². The Hall–Kier alpha value is -0.870. The number of nitrogens with two attached hydrogens (primary N) is 1. The van der Waals surface area contributed by atoms with Crippen molar-refractivity contribution >= 4 is 0 Å². The topological polar surface area (TPSA) is 57.9 Å². The summed E-state index contributed by atoms with van der Waals surface area (Å²) in [5.74, 6) is 0. The summed E-state index contributed by atoms with van der Waals surface area (Å²) < 4.78 is 0. The normalized spacial score (nSPS) is 21.4. The zero-order chi connectivity index (χ0) is 13.0. The molecule has 102 valence electrons. The van der Waals surface area contributed by atoms with Gasteiger partial charge in [0.05, 0.1) is 5.69 Å². The summed E-state index contributed by atoms with van der Waals surface area (Å²) in [6.45, 7) is 7.41. The second-order valence-electron chi connectivity index (χ2n) is 5.44. The third kappa shape index (κ3) is 3.12. The van der Waals surface area contributed by atoms with Gasteiger partial charge in [-0.3, -0.25) is 10.00 Å². The molecule has 18 heavy (non-hydrogen) atoms. The lowest BCUT2D eigenvalue weighted by Crippen LogP contribution is -2.44. The average Bonchev–Trinajstić information content (AvgIpc) is 2.71. The van der Waals surface area contributed by atoms with Crippen LogP contribution >= 0.6 is 0 Å². The van der Waals surface area contributed by atoms with E-state index in [-0.39, 0.29) is 0 Å². The molecule has 1 atom stereocenters. The first kappa shape index (κ1) is 13.6. The molecule has 0 spiro atoms. The average molecular weight is 250 g/mol. The molecule has 0 unspecified atom stereocenters. The van der Waals surface area contributed by atoms with Crippen molar-refractivity contribution in [2.24, 2.45) is 5.73 Å². The van der Waals surface area contributed by atoms with E-state index in [1.165, 1.54) is 50.0 Å². The van der Waals surface area contributed by atoms with Gasteiger partial charge in [-0.15, -0.1) is 0 Å². The van der Waals surface area contributed by atoms with Crippen LogP contribution in [0.2, 0.25) is 0 Å². The number of piperidine rings is 1. The number of hydrogen-bond donors (Lipinski definition) is 2. The van der Waals surface area contributed by atoms with E-state index in [1.807, 2.05) is 0 Å². The Morgan fingerprint density at radius 1 is 1.39 bits per heavy atom. The number of aromatic nitrogens is 2. The van der Waals surface area contributed by atoms with Gasteiger partial charge in [-0.25, -0.2) is 0 Å². The smallest absolute Gasteiger partial charge is 0.0625 e. The minimum absolute atomic E-state index is 0.616. The Bertz CT molecular complexity index is 352. The molecule has 1 aromatic rings. The Balaban J connectivity index is 1.81. The largest absolute Gasteiger partial charge is 0.329 e. The molecule has 1 aliphatic heterocycles. The molecule has 0 aliphatic carbocycles. The van der Waals surface area contributed by atoms with Crippen LogP contribution in [0.25, 0.3) is 0 Å². The molecule has 1 saturated heterocycles. The van der Waals surface area contributed by atoms with Crippen molar-refractivity contribution in [3.63, 3.8) is 0 Å². The fourth-order valence-corrected chi connectivity index (χ4v) is 3.02. The van der Waals surface area contributed by atoms with Gasteiger partial charge in [0.2, 0.25) is 0 Å². The fourth-order valence-electron chi connectivity index (χ4n) is 3.02. The first-order chi connectivity index (χ1) is 8.72. The van der Waals surface area contributed by atoms with Crippen molar-refractivity contribution in [2.45, 2.75) is 52.0 Å². The van der Waals surface area contributed by atoms with E-state index in [0.29, 0.717) is 6.04 Å². The molecule has 1 aromatic heterocycles. The van der Waals surface area contributed by atoms with Crippen LogP contribution < -0.4 is 5.73 Å². The monoisotopic (exact) mass is 250 g/mol. The summed E-state index contributed by atoms with van der Waals surface area (Å²) in [5, 5.41) is 7.32. The number of likely N-dealkylation sites (tertiary alicyclic amines) is 1.